The number of nitrogens with zero attached hydrogens (tertiary/aromatic N) is 14. The van der Waals surface area contributed by atoms with Gasteiger partial charge in [-0.1, -0.05) is 63.4 Å². The summed E-state index contributed by atoms with van der Waals surface area (Å²) in [4.78, 5) is 35.8. The summed E-state index contributed by atoms with van der Waals surface area (Å²) in [6.45, 7) is 0. The van der Waals surface area contributed by atoms with E-state index >= 15 is 0 Å². The van der Waals surface area contributed by atoms with Crippen molar-refractivity contribution in [3.05, 3.63) is 193 Å². The molecule has 0 unspecified atom stereocenters. The van der Waals surface area contributed by atoms with Gasteiger partial charge in [-0.2, -0.15) is 5.10 Å². The minimum Gasteiger partial charge on any atom is -0.255 e. The number of hydrogen-bond donors (Lipinski definition) is 0. The largest absolute Gasteiger partial charge is 0.255 e. The van der Waals surface area contributed by atoms with Crippen molar-refractivity contribution in [3.8, 4) is 0 Å². The molecule has 0 bridgehead atoms. The summed E-state index contributed by atoms with van der Waals surface area (Å²) in [6, 6.07) is 47.8. The lowest BCUT2D eigenvalue weighted by molar-refractivity contribution is 0.831. The Morgan fingerprint density at radius 1 is 0.403 bits per heavy atom. The van der Waals surface area contributed by atoms with Gasteiger partial charge in [-0.05, 0) is 116 Å². The first-order valence-electron chi connectivity index (χ1n) is 20.9. The molecule has 67 heavy (non-hydrogen) atoms. The second-order valence-corrected chi connectivity index (χ2v) is 15.2. The van der Waals surface area contributed by atoms with E-state index in [-0.39, 0.29) is 14.9 Å². The Morgan fingerprint density at radius 3 is 1.51 bits per heavy atom. The van der Waals surface area contributed by atoms with Gasteiger partial charge in [-0.3, -0.25) is 19.9 Å². The highest BCUT2D eigenvalue weighted by molar-refractivity contribution is 6.16. The molecule has 11 heterocycles. The third-order valence-corrected chi connectivity index (χ3v) is 10.9. The maximum atomic E-state index is 5.70. The van der Waals surface area contributed by atoms with Crippen LogP contribution in [0.5, 0.6) is 0 Å². The van der Waals surface area contributed by atoms with Crippen LogP contribution in [0, 0.1) is 0 Å². The van der Waals surface area contributed by atoms with Crippen LogP contribution in [-0.2, 0) is 18.7 Å². The van der Waals surface area contributed by atoms with Crippen LogP contribution >= 0.6 is 11.6 Å². The van der Waals surface area contributed by atoms with Crippen molar-refractivity contribution in [2.45, 2.75) is 33.6 Å². The lowest BCUT2D eigenvalue weighted by atomic mass is 10.1. The fourth-order valence-electron chi connectivity index (χ4n) is 7.60. The molecule has 13 aromatic rings. The number of benzene rings is 2. The molecule has 0 radical (unpaired) electrons. The highest BCUT2D eigenvalue weighted by Crippen LogP contribution is 2.19. The van der Waals surface area contributed by atoms with E-state index in [1.165, 1.54) is 0 Å². The van der Waals surface area contributed by atoms with E-state index in [0.29, 0.717) is 17.5 Å². The van der Waals surface area contributed by atoms with Crippen LogP contribution in [-0.4, -0.2) is 68.7 Å². The molecule has 11 aromatic heterocycles. The highest BCUT2D eigenvalue weighted by atomic mass is 35.5. The first-order valence-corrected chi connectivity index (χ1v) is 21.4. The monoisotopic (exact) mass is 898 g/mol. The Kier molecular flexibility index (Phi) is 12.5. The van der Waals surface area contributed by atoms with Crippen molar-refractivity contribution < 1.29 is 0 Å². The summed E-state index contributed by atoms with van der Waals surface area (Å²) in [5.41, 5.74) is 12.0. The van der Waals surface area contributed by atoms with Gasteiger partial charge >= 0.3 is 0 Å². The molecule has 0 aliphatic carbocycles. The van der Waals surface area contributed by atoms with Gasteiger partial charge in [0.25, 0.3) is 0 Å². The fourth-order valence-corrected chi connectivity index (χ4v) is 7.71. The van der Waals surface area contributed by atoms with Gasteiger partial charge in [0.15, 0.2) is 34.4 Å². The third-order valence-electron chi connectivity index (χ3n) is 10.7. The molecule has 2 aromatic carbocycles. The number of fused-ring (bicyclic) bond motifs is 11. The van der Waals surface area contributed by atoms with Gasteiger partial charge in [0.1, 0.15) is 0 Å². The van der Waals surface area contributed by atoms with Crippen LogP contribution in [0.3, 0.4) is 0 Å². The third kappa shape index (κ3) is 9.06. The summed E-state index contributed by atoms with van der Waals surface area (Å²) in [5.74, 6) is 2.43. The lowest BCUT2D eigenvalue weighted by Gasteiger charge is -2.01. The van der Waals surface area contributed by atoms with Gasteiger partial charge in [0.05, 0.1) is 55.7 Å². The SMILES string of the molecule is C.C.C(=C\c1nc2ccc3ncccc3n2n1)/c1ccc2ccccc2n1.ClCc1nc2ccc3ncccc3n2n1.c1ccc2nc(CCc3nc4ccc5ncccc5n4n3)ccc2c1. The number of aromatic nitrogens is 14. The number of hydrogen-bond acceptors (Lipinski definition) is 11. The molecule has 0 saturated heterocycles. The summed E-state index contributed by atoms with van der Waals surface area (Å²) < 4.78 is 5.45. The summed E-state index contributed by atoms with van der Waals surface area (Å²) in [7, 11) is 0. The molecule has 13 rings (SSSR count). The molecule has 0 spiro atoms. The number of pyridine rings is 8. The van der Waals surface area contributed by atoms with Crippen LogP contribution in [0.15, 0.2) is 164 Å². The highest BCUT2D eigenvalue weighted by Gasteiger charge is 2.10. The van der Waals surface area contributed by atoms with E-state index in [4.69, 9.17) is 16.6 Å². The molecular formula is C52H43ClN14. The molecule has 0 saturated carbocycles. The standard InChI is InChI=1S/C20H15N5.C20H13N5.C10H7ClN4.2CH4/c2*1-2-5-16-14(4-1)7-8-15(22-16)9-11-19-23-20-12-10-17-18(25(20)24-19)6-3-13-21-17;11-6-9-13-10-4-3-7-8(15(10)14-9)2-1-5-12-7;;/h1-8,10,12-13H,9,11H2;1-13H;1-5H,6H2;2*1H4/b;11-9+;;;. The molecule has 15 heteroatoms. The zero-order valence-electron chi connectivity index (χ0n) is 34.5. The van der Waals surface area contributed by atoms with Gasteiger partial charge in [-0.15, -0.1) is 21.8 Å². The average Bonchev–Trinajstić information content (AvgIpc) is 4.13. The van der Waals surface area contributed by atoms with Crippen LogP contribution in [0.1, 0.15) is 43.7 Å². The van der Waals surface area contributed by atoms with Crippen LogP contribution in [0.25, 0.3) is 84.0 Å². The predicted molar refractivity (Wildman–Crippen MR) is 268 cm³/mol. The van der Waals surface area contributed by atoms with Crippen LogP contribution < -0.4 is 0 Å². The Hall–Kier alpha value is -8.62. The zero-order chi connectivity index (χ0) is 43.5. The molecule has 328 valence electrons. The van der Waals surface area contributed by atoms with Crippen molar-refractivity contribution >= 4 is 95.6 Å². The van der Waals surface area contributed by atoms with Gasteiger partial charge in [-0.25, -0.2) is 33.5 Å². The maximum Gasteiger partial charge on any atom is 0.175 e. The van der Waals surface area contributed by atoms with E-state index in [2.05, 4.69) is 80.5 Å². The quantitative estimate of drug-likeness (QED) is 0.146. The lowest BCUT2D eigenvalue weighted by Crippen LogP contribution is -1.97. The molecule has 0 amide bonds. The van der Waals surface area contributed by atoms with E-state index in [1.54, 1.807) is 23.1 Å². The van der Waals surface area contributed by atoms with Crippen LogP contribution in [0.2, 0.25) is 0 Å². The van der Waals surface area contributed by atoms with Crippen molar-refractivity contribution in [3.63, 3.8) is 0 Å². The Labute approximate surface area is 389 Å². The summed E-state index contributed by atoms with van der Waals surface area (Å²) in [5, 5.41) is 15.8. The van der Waals surface area contributed by atoms with Gasteiger partial charge in [0.2, 0.25) is 0 Å². The molecule has 0 atom stereocenters. The zero-order valence-corrected chi connectivity index (χ0v) is 35.3. The first kappa shape index (κ1) is 43.6. The second-order valence-electron chi connectivity index (χ2n) is 15.0. The smallest absolute Gasteiger partial charge is 0.175 e. The normalized spacial score (nSPS) is 11.2. The number of halogens is 1. The Balaban J connectivity index is 0.000000128. The minimum atomic E-state index is 0. The molecule has 14 nitrogen and oxygen atoms in total. The average molecular weight is 899 g/mol. The van der Waals surface area contributed by atoms with Gasteiger partial charge < -0.3 is 0 Å². The van der Waals surface area contributed by atoms with E-state index in [1.807, 2.05) is 136 Å². The fraction of sp³-hybridized carbons (Fsp3) is 0.0962. The topological polar surface area (TPSA) is 155 Å². The summed E-state index contributed by atoms with van der Waals surface area (Å²) >= 11 is 5.70. The first-order chi connectivity index (χ1) is 32.1. The van der Waals surface area contributed by atoms with E-state index in [9.17, 15) is 0 Å². The van der Waals surface area contributed by atoms with Gasteiger partial charge in [0, 0.05) is 41.5 Å². The number of alkyl halides is 1. The number of para-hydroxylation sites is 2. The molecule has 0 fully saturated rings. The van der Waals surface area contributed by atoms with Crippen LogP contribution in [0.4, 0.5) is 0 Å². The Bertz CT molecular complexity index is 3880. The van der Waals surface area contributed by atoms with Crippen molar-refractivity contribution in [1.29, 1.82) is 0 Å². The minimum absolute atomic E-state index is 0. The van der Waals surface area contributed by atoms with Crippen molar-refractivity contribution in [1.82, 2.24) is 68.7 Å². The second kappa shape index (κ2) is 19.2. The van der Waals surface area contributed by atoms with E-state index in [0.717, 1.165) is 102 Å². The van der Waals surface area contributed by atoms with E-state index < -0.39 is 0 Å². The molecule has 0 aliphatic heterocycles. The Morgan fingerprint density at radius 2 is 0.910 bits per heavy atom. The maximum absolute atomic E-state index is 5.70. The predicted octanol–water partition coefficient (Wildman–Crippen LogP) is 10.9. The summed E-state index contributed by atoms with van der Waals surface area (Å²) in [6.07, 6.45) is 10.7. The molecular weight excluding hydrogens is 856 g/mol. The van der Waals surface area contributed by atoms with Crippen molar-refractivity contribution in [2.24, 2.45) is 0 Å². The molecule has 0 N–H and O–H groups in total. The molecule has 0 aliphatic rings. The number of rotatable bonds is 6. The number of aryl methyl sites for hydroxylation is 2. The van der Waals surface area contributed by atoms with Crippen molar-refractivity contribution in [2.75, 3.05) is 0 Å².